The van der Waals surface area contributed by atoms with Crippen molar-refractivity contribution in [1.29, 1.82) is 0 Å². The summed E-state index contributed by atoms with van der Waals surface area (Å²) in [5.41, 5.74) is 3.27. The van der Waals surface area contributed by atoms with Crippen LogP contribution in [-0.2, 0) is 6.54 Å². The van der Waals surface area contributed by atoms with Crippen LogP contribution < -0.4 is 10.1 Å². The number of nitrogens with one attached hydrogen (secondary N) is 1. The van der Waals surface area contributed by atoms with E-state index in [0.717, 1.165) is 37.5 Å². The van der Waals surface area contributed by atoms with Crippen molar-refractivity contribution in [3.63, 3.8) is 0 Å². The highest BCUT2D eigenvalue weighted by Crippen LogP contribution is 2.26. The van der Waals surface area contributed by atoms with E-state index in [1.54, 1.807) is 0 Å². The molecule has 0 aromatic carbocycles. The fourth-order valence-electron chi connectivity index (χ4n) is 1.85. The average Bonchev–Trinajstić information content (AvgIpc) is 2.32. The summed E-state index contributed by atoms with van der Waals surface area (Å²) in [7, 11) is 0. The summed E-state index contributed by atoms with van der Waals surface area (Å²) in [5, 5.41) is 3.44. The molecule has 108 valence electrons. The number of aromatic nitrogens is 1. The quantitative estimate of drug-likeness (QED) is 0.761. The van der Waals surface area contributed by atoms with Gasteiger partial charge in [-0.05, 0) is 58.7 Å². The lowest BCUT2D eigenvalue weighted by molar-refractivity contribution is 0.0971. The zero-order valence-corrected chi connectivity index (χ0v) is 13.3. The van der Waals surface area contributed by atoms with E-state index < -0.39 is 0 Å². The lowest BCUT2D eigenvalue weighted by atomic mass is 10.1. The van der Waals surface area contributed by atoms with Crippen molar-refractivity contribution >= 4 is 0 Å². The molecule has 1 rings (SSSR count). The first-order valence-electron chi connectivity index (χ1n) is 7.26. The summed E-state index contributed by atoms with van der Waals surface area (Å²) in [6.07, 6.45) is 2.10. The lowest BCUT2D eigenvalue weighted by Gasteiger charge is -2.26. The highest BCUT2D eigenvalue weighted by molar-refractivity contribution is 5.36. The molecule has 0 radical (unpaired) electrons. The maximum absolute atomic E-state index is 6.12. The molecule has 0 spiro atoms. The first kappa shape index (κ1) is 16.0. The van der Waals surface area contributed by atoms with Crippen LogP contribution in [0.15, 0.2) is 6.07 Å². The SMILES string of the molecule is CCCNCc1c(C)cc(C)nc1OC(C)(C)CC. The number of pyridine rings is 1. The molecular formula is C16H28N2O. The summed E-state index contributed by atoms with van der Waals surface area (Å²) in [5.74, 6) is 0.785. The first-order valence-corrected chi connectivity index (χ1v) is 7.26. The van der Waals surface area contributed by atoms with Crippen molar-refractivity contribution < 1.29 is 4.74 Å². The molecule has 0 unspecified atom stereocenters. The molecule has 3 nitrogen and oxygen atoms in total. The van der Waals surface area contributed by atoms with Crippen LogP contribution in [0.5, 0.6) is 5.88 Å². The van der Waals surface area contributed by atoms with Crippen molar-refractivity contribution in [2.45, 2.75) is 66.5 Å². The Morgan fingerprint density at radius 1 is 1.26 bits per heavy atom. The van der Waals surface area contributed by atoms with Gasteiger partial charge in [0, 0.05) is 17.8 Å². The van der Waals surface area contributed by atoms with E-state index in [1.165, 1.54) is 11.1 Å². The molecule has 0 saturated carbocycles. The van der Waals surface area contributed by atoms with E-state index in [1.807, 2.05) is 6.92 Å². The van der Waals surface area contributed by atoms with E-state index in [4.69, 9.17) is 4.74 Å². The second-order valence-electron chi connectivity index (χ2n) is 5.76. The van der Waals surface area contributed by atoms with E-state index in [0.29, 0.717) is 0 Å². The summed E-state index contributed by atoms with van der Waals surface area (Å²) < 4.78 is 6.12. The van der Waals surface area contributed by atoms with Gasteiger partial charge < -0.3 is 10.1 Å². The lowest BCUT2D eigenvalue weighted by Crippen LogP contribution is -2.29. The molecule has 1 N–H and O–H groups in total. The first-order chi connectivity index (χ1) is 8.89. The highest BCUT2D eigenvalue weighted by Gasteiger charge is 2.20. The van der Waals surface area contributed by atoms with Gasteiger partial charge in [-0.25, -0.2) is 4.98 Å². The summed E-state index contributed by atoms with van der Waals surface area (Å²) in [6, 6.07) is 2.12. The second kappa shape index (κ2) is 6.90. The van der Waals surface area contributed by atoms with Gasteiger partial charge in [-0.2, -0.15) is 0 Å². The van der Waals surface area contributed by atoms with Gasteiger partial charge in [0.2, 0.25) is 5.88 Å². The molecule has 0 aliphatic carbocycles. The van der Waals surface area contributed by atoms with Crippen LogP contribution in [-0.4, -0.2) is 17.1 Å². The molecule has 19 heavy (non-hydrogen) atoms. The largest absolute Gasteiger partial charge is 0.471 e. The van der Waals surface area contributed by atoms with Gasteiger partial charge in [-0.3, -0.25) is 0 Å². The van der Waals surface area contributed by atoms with Gasteiger partial charge in [-0.1, -0.05) is 13.8 Å². The Kier molecular flexibility index (Phi) is 5.80. The number of hydrogen-bond acceptors (Lipinski definition) is 3. The zero-order chi connectivity index (χ0) is 14.5. The van der Waals surface area contributed by atoms with Gasteiger partial charge in [0.25, 0.3) is 0 Å². The molecule has 0 saturated heterocycles. The minimum absolute atomic E-state index is 0.174. The van der Waals surface area contributed by atoms with Crippen molar-refractivity contribution in [3.8, 4) is 5.88 Å². The molecule has 0 bridgehead atoms. The number of aryl methyl sites for hydroxylation is 2. The molecule has 1 heterocycles. The minimum atomic E-state index is -0.174. The third kappa shape index (κ3) is 4.83. The Hall–Kier alpha value is -1.09. The number of ether oxygens (including phenoxy) is 1. The fraction of sp³-hybridized carbons (Fsp3) is 0.688. The molecule has 0 fully saturated rings. The number of rotatable bonds is 7. The topological polar surface area (TPSA) is 34.2 Å². The number of hydrogen-bond donors (Lipinski definition) is 1. The molecule has 0 aliphatic rings. The zero-order valence-electron chi connectivity index (χ0n) is 13.3. The van der Waals surface area contributed by atoms with E-state index >= 15 is 0 Å². The third-order valence-corrected chi connectivity index (χ3v) is 3.39. The minimum Gasteiger partial charge on any atom is -0.471 e. The molecule has 0 amide bonds. The number of nitrogens with zero attached hydrogens (tertiary/aromatic N) is 1. The van der Waals surface area contributed by atoms with Crippen LogP contribution in [0.3, 0.4) is 0 Å². The van der Waals surface area contributed by atoms with Crippen molar-refractivity contribution in [3.05, 3.63) is 22.9 Å². The summed E-state index contributed by atoms with van der Waals surface area (Å²) >= 11 is 0. The van der Waals surface area contributed by atoms with Crippen LogP contribution in [0.25, 0.3) is 0 Å². The molecular weight excluding hydrogens is 236 g/mol. The Morgan fingerprint density at radius 2 is 1.95 bits per heavy atom. The Balaban J connectivity index is 2.99. The molecule has 1 aromatic rings. The van der Waals surface area contributed by atoms with Crippen LogP contribution in [0.1, 0.15) is 57.4 Å². The van der Waals surface area contributed by atoms with Crippen LogP contribution in [0, 0.1) is 13.8 Å². The smallest absolute Gasteiger partial charge is 0.218 e. The Labute approximate surface area is 117 Å². The standard InChI is InChI=1S/C16H28N2O/c1-7-9-17-11-14-12(3)10-13(4)18-15(14)19-16(5,6)8-2/h10,17H,7-9,11H2,1-6H3. The molecule has 0 aliphatic heterocycles. The third-order valence-electron chi connectivity index (χ3n) is 3.39. The average molecular weight is 264 g/mol. The van der Waals surface area contributed by atoms with Gasteiger partial charge in [0.05, 0.1) is 0 Å². The summed E-state index contributed by atoms with van der Waals surface area (Å²) in [4.78, 5) is 4.58. The Bertz CT molecular complexity index is 413. The highest BCUT2D eigenvalue weighted by atomic mass is 16.5. The van der Waals surface area contributed by atoms with E-state index in [-0.39, 0.29) is 5.60 Å². The van der Waals surface area contributed by atoms with Crippen LogP contribution >= 0.6 is 0 Å². The maximum atomic E-state index is 6.12. The maximum Gasteiger partial charge on any atom is 0.218 e. The van der Waals surface area contributed by atoms with Crippen LogP contribution in [0.2, 0.25) is 0 Å². The van der Waals surface area contributed by atoms with Gasteiger partial charge >= 0.3 is 0 Å². The molecule has 1 aromatic heterocycles. The van der Waals surface area contributed by atoms with E-state index in [2.05, 4.69) is 51.0 Å². The predicted octanol–water partition coefficient (Wildman–Crippen LogP) is 3.77. The summed E-state index contributed by atoms with van der Waals surface area (Å²) in [6.45, 7) is 14.5. The van der Waals surface area contributed by atoms with Gasteiger partial charge in [0.15, 0.2) is 0 Å². The normalized spacial score (nSPS) is 11.7. The molecule has 3 heteroatoms. The van der Waals surface area contributed by atoms with Crippen LogP contribution in [0.4, 0.5) is 0 Å². The Morgan fingerprint density at radius 3 is 2.53 bits per heavy atom. The van der Waals surface area contributed by atoms with Crippen molar-refractivity contribution in [2.75, 3.05) is 6.54 Å². The fourth-order valence-corrected chi connectivity index (χ4v) is 1.85. The van der Waals surface area contributed by atoms with Gasteiger partial charge in [0.1, 0.15) is 5.60 Å². The molecule has 0 atom stereocenters. The van der Waals surface area contributed by atoms with Crippen molar-refractivity contribution in [1.82, 2.24) is 10.3 Å². The monoisotopic (exact) mass is 264 g/mol. The van der Waals surface area contributed by atoms with Gasteiger partial charge in [-0.15, -0.1) is 0 Å². The van der Waals surface area contributed by atoms with E-state index in [9.17, 15) is 0 Å². The predicted molar refractivity (Wildman–Crippen MR) is 80.7 cm³/mol. The second-order valence-corrected chi connectivity index (χ2v) is 5.76. The van der Waals surface area contributed by atoms with Crippen molar-refractivity contribution in [2.24, 2.45) is 0 Å².